The first-order valence-corrected chi connectivity index (χ1v) is 9.98. The first kappa shape index (κ1) is 18.7. The van der Waals surface area contributed by atoms with E-state index in [9.17, 15) is 13.6 Å². The van der Waals surface area contributed by atoms with Crippen LogP contribution in [-0.4, -0.2) is 39.1 Å². The number of aromatic nitrogens is 3. The number of benzene rings is 1. The zero-order valence-corrected chi connectivity index (χ0v) is 16.2. The van der Waals surface area contributed by atoms with Gasteiger partial charge >= 0.3 is 0 Å². The first-order chi connectivity index (χ1) is 13.5. The van der Waals surface area contributed by atoms with Crippen LogP contribution in [0.1, 0.15) is 51.7 Å². The van der Waals surface area contributed by atoms with E-state index >= 15 is 0 Å². The number of carbonyl (C=O) groups excluding carboxylic acids is 1. The Morgan fingerprint density at radius 2 is 1.96 bits per heavy atom. The molecule has 3 heterocycles. The van der Waals surface area contributed by atoms with E-state index in [2.05, 4.69) is 27.7 Å². The van der Waals surface area contributed by atoms with Gasteiger partial charge in [0.25, 0.3) is 12.3 Å². The topological polar surface area (TPSA) is 61.9 Å². The Morgan fingerprint density at radius 3 is 2.54 bits per heavy atom. The number of hydrogen-bond donors (Lipinski definition) is 1. The lowest BCUT2D eigenvalue weighted by Crippen LogP contribution is -2.46. The van der Waals surface area contributed by atoms with Gasteiger partial charge < -0.3 is 4.90 Å². The molecule has 3 aromatic rings. The van der Waals surface area contributed by atoms with Crippen molar-refractivity contribution in [3.63, 3.8) is 0 Å². The predicted octanol–water partition coefficient (Wildman–Crippen LogP) is 4.33. The number of hydrogen-bond acceptors (Lipinski definition) is 4. The molecule has 0 unspecified atom stereocenters. The van der Waals surface area contributed by atoms with E-state index in [1.165, 1.54) is 5.56 Å². The number of nitrogens with one attached hydrogen (secondary N) is 1. The van der Waals surface area contributed by atoms with Crippen molar-refractivity contribution in [3.05, 3.63) is 69.4 Å². The smallest absolute Gasteiger partial charge is 0.279 e. The molecule has 1 fully saturated rings. The van der Waals surface area contributed by atoms with Crippen molar-refractivity contribution >= 4 is 17.2 Å². The Kier molecular flexibility index (Phi) is 4.97. The molecule has 1 amide bonds. The lowest BCUT2D eigenvalue weighted by atomic mass is 9.70. The van der Waals surface area contributed by atoms with Gasteiger partial charge in [0.15, 0.2) is 5.69 Å². The molecule has 1 aliphatic heterocycles. The molecule has 1 aliphatic rings. The average Bonchev–Trinajstić information content (AvgIpc) is 3.38. The molecule has 5 nitrogen and oxygen atoms in total. The van der Waals surface area contributed by atoms with Crippen LogP contribution in [0.15, 0.2) is 41.8 Å². The Morgan fingerprint density at radius 1 is 1.25 bits per heavy atom. The minimum absolute atomic E-state index is 0.0343. The molecular weight excluding hydrogens is 382 g/mol. The van der Waals surface area contributed by atoms with Gasteiger partial charge in [-0.1, -0.05) is 30.3 Å². The summed E-state index contributed by atoms with van der Waals surface area (Å²) in [4.78, 5) is 19.1. The maximum atomic E-state index is 12.8. The summed E-state index contributed by atoms with van der Waals surface area (Å²) in [6, 6.07) is 11.4. The summed E-state index contributed by atoms with van der Waals surface area (Å²) in [5.74, 6) is -0.320. The molecule has 146 valence electrons. The minimum atomic E-state index is -2.67. The summed E-state index contributed by atoms with van der Waals surface area (Å²) in [5.41, 5.74) is 1.67. The van der Waals surface area contributed by atoms with Gasteiger partial charge in [0.05, 0.1) is 10.7 Å². The molecule has 1 N–H and O–H groups in total. The van der Waals surface area contributed by atoms with Crippen LogP contribution in [0.2, 0.25) is 0 Å². The lowest BCUT2D eigenvalue weighted by molar-refractivity contribution is 0.0678. The van der Waals surface area contributed by atoms with Crippen LogP contribution in [0.4, 0.5) is 8.78 Å². The van der Waals surface area contributed by atoms with Crippen molar-refractivity contribution in [3.8, 4) is 0 Å². The number of carbonyl (C=O) groups is 1. The van der Waals surface area contributed by atoms with E-state index in [0.29, 0.717) is 13.1 Å². The summed E-state index contributed by atoms with van der Waals surface area (Å²) in [6.45, 7) is 3.02. The van der Waals surface area contributed by atoms with Crippen molar-refractivity contribution in [2.24, 2.45) is 0 Å². The van der Waals surface area contributed by atoms with Crippen LogP contribution in [0, 0.1) is 6.92 Å². The number of thiazole rings is 1. The fourth-order valence-corrected chi connectivity index (χ4v) is 4.56. The van der Waals surface area contributed by atoms with E-state index in [-0.39, 0.29) is 22.7 Å². The van der Waals surface area contributed by atoms with Crippen molar-refractivity contribution in [1.29, 1.82) is 0 Å². The molecule has 0 radical (unpaired) electrons. The number of amides is 1. The number of likely N-dealkylation sites (tertiary alicyclic amines) is 1. The highest BCUT2D eigenvalue weighted by Gasteiger charge is 2.41. The quantitative estimate of drug-likeness (QED) is 0.706. The van der Waals surface area contributed by atoms with Gasteiger partial charge in [-0.25, -0.2) is 13.8 Å². The Hall–Kier alpha value is -2.61. The fourth-order valence-electron chi connectivity index (χ4n) is 3.84. The van der Waals surface area contributed by atoms with Gasteiger partial charge in [0, 0.05) is 23.9 Å². The summed E-state index contributed by atoms with van der Waals surface area (Å²) in [6.07, 6.45) is -1.23. The number of halogens is 2. The largest absolute Gasteiger partial charge is 0.337 e. The number of piperidine rings is 1. The normalized spacial score (nSPS) is 16.5. The van der Waals surface area contributed by atoms with Gasteiger partial charge in [-0.15, -0.1) is 11.3 Å². The second-order valence-corrected chi connectivity index (χ2v) is 8.06. The highest BCUT2D eigenvalue weighted by Crippen LogP contribution is 2.42. The third-order valence-corrected chi connectivity index (χ3v) is 6.17. The monoisotopic (exact) mass is 402 g/mol. The standard InChI is InChI=1S/C20H20F2N4OS/c1-13-23-17(12-28-13)20(14-5-3-2-4-6-14)7-9-26(10-8-20)19(27)16-11-15(18(21)22)24-25-16/h2-6,11-12,18H,7-10H2,1H3,(H,24,25). The number of nitrogens with zero attached hydrogens (tertiary/aromatic N) is 3. The summed E-state index contributed by atoms with van der Waals surface area (Å²) >= 11 is 1.62. The molecule has 4 rings (SSSR count). The average molecular weight is 402 g/mol. The molecule has 28 heavy (non-hydrogen) atoms. The molecular formula is C20H20F2N4OS. The van der Waals surface area contributed by atoms with Crippen molar-refractivity contribution in [2.45, 2.75) is 31.6 Å². The Balaban J connectivity index is 1.58. The van der Waals surface area contributed by atoms with E-state index in [4.69, 9.17) is 4.98 Å². The molecule has 0 spiro atoms. The predicted molar refractivity (Wildman–Crippen MR) is 103 cm³/mol. The molecule has 0 saturated carbocycles. The molecule has 0 bridgehead atoms. The van der Waals surface area contributed by atoms with Crippen LogP contribution in [0.3, 0.4) is 0 Å². The number of alkyl halides is 2. The van der Waals surface area contributed by atoms with Gasteiger partial charge in [0.1, 0.15) is 5.69 Å². The van der Waals surface area contributed by atoms with Gasteiger partial charge in [0.2, 0.25) is 0 Å². The second kappa shape index (κ2) is 7.43. The highest BCUT2D eigenvalue weighted by molar-refractivity contribution is 7.09. The van der Waals surface area contributed by atoms with Crippen molar-refractivity contribution < 1.29 is 13.6 Å². The fraction of sp³-hybridized carbons (Fsp3) is 0.350. The molecule has 1 saturated heterocycles. The lowest BCUT2D eigenvalue weighted by Gasteiger charge is -2.41. The van der Waals surface area contributed by atoms with Crippen LogP contribution < -0.4 is 0 Å². The number of aromatic amines is 1. The third kappa shape index (κ3) is 3.32. The zero-order chi connectivity index (χ0) is 19.7. The summed E-state index contributed by atoms with van der Waals surface area (Å²) in [7, 11) is 0. The minimum Gasteiger partial charge on any atom is -0.337 e. The van der Waals surface area contributed by atoms with Crippen LogP contribution in [0.25, 0.3) is 0 Å². The first-order valence-electron chi connectivity index (χ1n) is 9.10. The van der Waals surface area contributed by atoms with Crippen LogP contribution >= 0.6 is 11.3 Å². The van der Waals surface area contributed by atoms with Crippen molar-refractivity contribution in [1.82, 2.24) is 20.1 Å². The molecule has 8 heteroatoms. The van der Waals surface area contributed by atoms with Crippen molar-refractivity contribution in [2.75, 3.05) is 13.1 Å². The summed E-state index contributed by atoms with van der Waals surface area (Å²) in [5, 5.41) is 9.11. The number of H-pyrrole nitrogens is 1. The molecule has 0 aliphatic carbocycles. The van der Waals surface area contributed by atoms with E-state index in [1.54, 1.807) is 16.2 Å². The SMILES string of the molecule is Cc1nc(C2(c3ccccc3)CCN(C(=O)c3cc(C(F)F)[nH]n3)CC2)cs1. The zero-order valence-electron chi connectivity index (χ0n) is 15.4. The van der Waals surface area contributed by atoms with E-state index < -0.39 is 6.43 Å². The molecule has 0 atom stereocenters. The maximum absolute atomic E-state index is 12.8. The van der Waals surface area contributed by atoms with Crippen LogP contribution in [-0.2, 0) is 5.41 Å². The molecule has 2 aromatic heterocycles. The number of rotatable bonds is 4. The maximum Gasteiger partial charge on any atom is 0.279 e. The Labute approximate surface area is 165 Å². The second-order valence-electron chi connectivity index (χ2n) is 7.00. The van der Waals surface area contributed by atoms with Gasteiger partial charge in [-0.2, -0.15) is 5.10 Å². The van der Waals surface area contributed by atoms with Gasteiger partial charge in [-0.05, 0) is 31.4 Å². The Bertz CT molecular complexity index is 962. The third-order valence-electron chi connectivity index (χ3n) is 5.39. The number of aryl methyl sites for hydroxylation is 1. The van der Waals surface area contributed by atoms with E-state index in [1.807, 2.05) is 25.1 Å². The van der Waals surface area contributed by atoms with Gasteiger partial charge in [-0.3, -0.25) is 9.89 Å². The van der Waals surface area contributed by atoms with E-state index in [0.717, 1.165) is 29.6 Å². The summed E-state index contributed by atoms with van der Waals surface area (Å²) < 4.78 is 25.5. The molecule has 1 aromatic carbocycles. The highest BCUT2D eigenvalue weighted by atomic mass is 32.1. The van der Waals surface area contributed by atoms with Crippen LogP contribution in [0.5, 0.6) is 0 Å².